The van der Waals surface area contributed by atoms with Gasteiger partial charge in [-0.05, 0) is 36.8 Å². The van der Waals surface area contributed by atoms with Gasteiger partial charge in [-0.1, -0.05) is 57.9 Å². The van der Waals surface area contributed by atoms with Crippen molar-refractivity contribution in [3.8, 4) is 0 Å². The van der Waals surface area contributed by atoms with Crippen molar-refractivity contribution in [2.24, 2.45) is 0 Å². The highest BCUT2D eigenvalue weighted by atomic mass is 79.9. The first-order valence-electron chi connectivity index (χ1n) is 6.60. The number of hydrogen-bond acceptors (Lipinski definition) is 2. The summed E-state index contributed by atoms with van der Waals surface area (Å²) < 4.78 is 6.32. The van der Waals surface area contributed by atoms with Crippen LogP contribution in [-0.2, 0) is 9.53 Å². The Balaban J connectivity index is 1.93. The molecule has 1 aliphatic heterocycles. The minimum atomic E-state index is -0.314. The van der Waals surface area contributed by atoms with Crippen molar-refractivity contribution in [2.75, 3.05) is 0 Å². The summed E-state index contributed by atoms with van der Waals surface area (Å²) in [6.45, 7) is 2.03. The van der Waals surface area contributed by atoms with Crippen molar-refractivity contribution in [3.63, 3.8) is 0 Å². The summed E-state index contributed by atoms with van der Waals surface area (Å²) >= 11 is 3.42. The molecule has 3 rings (SSSR count). The third-order valence-electron chi connectivity index (χ3n) is 3.23. The Labute approximate surface area is 131 Å². The zero-order valence-corrected chi connectivity index (χ0v) is 13.1. The first kappa shape index (κ1) is 13.8. The molecular weight excluding hydrogens is 328 g/mol. The molecule has 0 unspecified atom stereocenters. The summed E-state index contributed by atoms with van der Waals surface area (Å²) in [5.41, 5.74) is 3.60. The lowest BCUT2D eigenvalue weighted by molar-refractivity contribution is -0.130. The van der Waals surface area contributed by atoms with E-state index in [9.17, 15) is 4.79 Å². The van der Waals surface area contributed by atoms with Gasteiger partial charge in [0.15, 0.2) is 0 Å². The third kappa shape index (κ3) is 3.14. The molecule has 0 aliphatic carbocycles. The van der Waals surface area contributed by atoms with E-state index in [1.54, 1.807) is 6.08 Å². The van der Waals surface area contributed by atoms with Gasteiger partial charge in [0.05, 0.1) is 5.57 Å². The van der Waals surface area contributed by atoms with Crippen molar-refractivity contribution in [2.45, 2.75) is 6.92 Å². The number of rotatable bonds is 2. The molecule has 0 spiro atoms. The van der Waals surface area contributed by atoms with Gasteiger partial charge >= 0.3 is 5.97 Å². The molecule has 0 aromatic heterocycles. The van der Waals surface area contributed by atoms with Crippen LogP contribution < -0.4 is 0 Å². The van der Waals surface area contributed by atoms with E-state index < -0.39 is 0 Å². The second-order valence-electron chi connectivity index (χ2n) is 4.92. The minimum absolute atomic E-state index is 0.314. The average molecular weight is 341 g/mol. The lowest BCUT2D eigenvalue weighted by Gasteiger charge is -2.01. The second kappa shape index (κ2) is 5.70. The van der Waals surface area contributed by atoms with Gasteiger partial charge in [0, 0.05) is 10.0 Å². The first-order chi connectivity index (χ1) is 10.1. The van der Waals surface area contributed by atoms with Gasteiger partial charge in [-0.3, -0.25) is 0 Å². The molecule has 2 nitrogen and oxygen atoms in total. The van der Waals surface area contributed by atoms with E-state index in [0.29, 0.717) is 11.3 Å². The molecule has 21 heavy (non-hydrogen) atoms. The van der Waals surface area contributed by atoms with E-state index in [4.69, 9.17) is 4.74 Å². The molecule has 2 aromatic carbocycles. The van der Waals surface area contributed by atoms with E-state index in [0.717, 1.165) is 15.6 Å². The SMILES string of the molecule is Cc1ccc(C2=C/C(=C/c3cccc(Br)c3)C(=O)O2)cc1. The molecule has 0 saturated carbocycles. The van der Waals surface area contributed by atoms with Crippen molar-refractivity contribution >= 4 is 33.7 Å². The maximum absolute atomic E-state index is 12.0. The summed E-state index contributed by atoms with van der Waals surface area (Å²) in [6.07, 6.45) is 3.61. The second-order valence-corrected chi connectivity index (χ2v) is 5.83. The van der Waals surface area contributed by atoms with Gasteiger partial charge in [0.2, 0.25) is 0 Å². The Hall–Kier alpha value is -2.13. The Morgan fingerprint density at radius 3 is 2.57 bits per heavy atom. The van der Waals surface area contributed by atoms with Crippen LogP contribution in [0.3, 0.4) is 0 Å². The molecule has 0 fully saturated rings. The molecule has 104 valence electrons. The molecule has 0 N–H and O–H groups in total. The largest absolute Gasteiger partial charge is 0.422 e. The van der Waals surface area contributed by atoms with Gasteiger partial charge in [-0.15, -0.1) is 0 Å². The molecule has 0 bridgehead atoms. The molecule has 2 aromatic rings. The van der Waals surface area contributed by atoms with Gasteiger partial charge < -0.3 is 4.74 Å². The Bertz CT molecular complexity index is 755. The maximum atomic E-state index is 12.0. The standard InChI is InChI=1S/C18H13BrO2/c1-12-5-7-14(8-6-12)17-11-15(18(20)21-17)9-13-3-2-4-16(19)10-13/h2-11H,1H3/b15-9-. The molecule has 1 aliphatic rings. The molecule has 0 radical (unpaired) electrons. The summed E-state index contributed by atoms with van der Waals surface area (Å²) in [5.74, 6) is 0.284. The molecule has 1 heterocycles. The van der Waals surface area contributed by atoms with Crippen LogP contribution in [0.1, 0.15) is 16.7 Å². The molecular formula is C18H13BrO2. The van der Waals surface area contributed by atoms with E-state index >= 15 is 0 Å². The van der Waals surface area contributed by atoms with Gasteiger partial charge in [-0.2, -0.15) is 0 Å². The van der Waals surface area contributed by atoms with E-state index in [2.05, 4.69) is 15.9 Å². The monoisotopic (exact) mass is 340 g/mol. The van der Waals surface area contributed by atoms with Gasteiger partial charge in [0.1, 0.15) is 5.76 Å². The summed E-state index contributed by atoms with van der Waals surface area (Å²) in [6, 6.07) is 15.7. The van der Waals surface area contributed by atoms with Gasteiger partial charge in [-0.25, -0.2) is 4.79 Å². The lowest BCUT2D eigenvalue weighted by Crippen LogP contribution is -1.97. The quantitative estimate of drug-likeness (QED) is 0.583. The highest BCUT2D eigenvalue weighted by Crippen LogP contribution is 2.28. The Kier molecular flexibility index (Phi) is 3.76. The predicted molar refractivity (Wildman–Crippen MR) is 87.4 cm³/mol. The number of ether oxygens (including phenoxy) is 1. The highest BCUT2D eigenvalue weighted by molar-refractivity contribution is 9.10. The van der Waals surface area contributed by atoms with Crippen LogP contribution in [-0.4, -0.2) is 5.97 Å². The van der Waals surface area contributed by atoms with Crippen LogP contribution in [0.15, 0.2) is 64.7 Å². The van der Waals surface area contributed by atoms with E-state index in [1.807, 2.05) is 61.5 Å². The predicted octanol–water partition coefficient (Wildman–Crippen LogP) is 4.74. The van der Waals surface area contributed by atoms with Crippen LogP contribution in [0.4, 0.5) is 0 Å². The van der Waals surface area contributed by atoms with Crippen molar-refractivity contribution in [1.29, 1.82) is 0 Å². The number of carbonyl (C=O) groups excluding carboxylic acids is 1. The normalized spacial score (nSPS) is 16.0. The van der Waals surface area contributed by atoms with Gasteiger partial charge in [0.25, 0.3) is 0 Å². The van der Waals surface area contributed by atoms with E-state index in [1.165, 1.54) is 5.56 Å². The summed E-state index contributed by atoms with van der Waals surface area (Å²) in [4.78, 5) is 12.0. The minimum Gasteiger partial charge on any atom is -0.422 e. The first-order valence-corrected chi connectivity index (χ1v) is 7.39. The number of aryl methyl sites for hydroxylation is 1. The van der Waals surface area contributed by atoms with Crippen LogP contribution in [0.5, 0.6) is 0 Å². The zero-order valence-electron chi connectivity index (χ0n) is 11.5. The molecule has 0 saturated heterocycles. The summed E-state index contributed by atoms with van der Waals surface area (Å²) in [5, 5.41) is 0. The number of carbonyl (C=O) groups is 1. The van der Waals surface area contributed by atoms with Crippen LogP contribution in [0, 0.1) is 6.92 Å². The fourth-order valence-electron chi connectivity index (χ4n) is 2.13. The maximum Gasteiger partial charge on any atom is 0.343 e. The Morgan fingerprint density at radius 1 is 1.10 bits per heavy atom. The number of halogens is 1. The van der Waals surface area contributed by atoms with Crippen LogP contribution >= 0.6 is 15.9 Å². The van der Waals surface area contributed by atoms with Crippen LogP contribution in [0.25, 0.3) is 11.8 Å². The van der Waals surface area contributed by atoms with Crippen LogP contribution in [0.2, 0.25) is 0 Å². The molecule has 3 heteroatoms. The van der Waals surface area contributed by atoms with E-state index in [-0.39, 0.29) is 5.97 Å². The smallest absolute Gasteiger partial charge is 0.343 e. The topological polar surface area (TPSA) is 26.3 Å². The number of benzene rings is 2. The third-order valence-corrected chi connectivity index (χ3v) is 3.73. The number of hydrogen-bond donors (Lipinski definition) is 0. The highest BCUT2D eigenvalue weighted by Gasteiger charge is 2.21. The van der Waals surface area contributed by atoms with Crippen molar-refractivity contribution in [3.05, 3.63) is 81.3 Å². The van der Waals surface area contributed by atoms with Crippen molar-refractivity contribution in [1.82, 2.24) is 0 Å². The molecule has 0 atom stereocenters. The lowest BCUT2D eigenvalue weighted by atomic mass is 10.1. The van der Waals surface area contributed by atoms with Crippen molar-refractivity contribution < 1.29 is 9.53 Å². The summed E-state index contributed by atoms with van der Waals surface area (Å²) in [7, 11) is 0. The number of esters is 1. The number of cyclic esters (lactones) is 1. The fourth-order valence-corrected chi connectivity index (χ4v) is 2.54. The Morgan fingerprint density at radius 2 is 1.86 bits per heavy atom. The zero-order chi connectivity index (χ0) is 14.8. The fraction of sp³-hybridized carbons (Fsp3) is 0.0556. The molecule has 0 amide bonds. The average Bonchev–Trinajstić information content (AvgIpc) is 2.81.